The molecule has 0 saturated heterocycles. The van der Waals surface area contributed by atoms with Crippen LogP contribution in [0.15, 0.2) is 37.8 Å². The molecule has 0 atom stereocenters. The van der Waals surface area contributed by atoms with Crippen LogP contribution < -0.4 is 10.7 Å². The predicted molar refractivity (Wildman–Crippen MR) is 96.1 cm³/mol. The molecule has 0 aliphatic heterocycles. The van der Waals surface area contributed by atoms with Crippen LogP contribution in [0.1, 0.15) is 30.0 Å². The third-order valence-corrected chi connectivity index (χ3v) is 5.17. The summed E-state index contributed by atoms with van der Waals surface area (Å²) in [5.74, 6) is 0.316. The molecule has 0 aliphatic rings. The number of aryl methyl sites for hydroxylation is 1. The monoisotopic (exact) mass is 361 g/mol. The van der Waals surface area contributed by atoms with Gasteiger partial charge >= 0.3 is 0 Å². The summed E-state index contributed by atoms with van der Waals surface area (Å²) in [6, 6.07) is 6.60. The molecule has 2 aromatic heterocycles. The minimum Gasteiger partial charge on any atom is -0.451 e. The Balaban J connectivity index is 1.88. The number of aromatic nitrogens is 2. The van der Waals surface area contributed by atoms with Crippen molar-refractivity contribution in [1.82, 2.24) is 10.2 Å². The lowest BCUT2D eigenvalue weighted by molar-refractivity contribution is 0.0997. The van der Waals surface area contributed by atoms with Crippen molar-refractivity contribution < 1.29 is 9.21 Å². The van der Waals surface area contributed by atoms with E-state index >= 15 is 0 Å². The number of nitrogens with zero attached hydrogens (tertiary/aromatic N) is 2. The minimum absolute atomic E-state index is 0.0448. The maximum Gasteiger partial charge on any atom is 0.293 e. The Morgan fingerprint density at radius 2 is 2.12 bits per heavy atom. The normalized spacial score (nSPS) is 10.9. The molecule has 0 radical (unpaired) electrons. The number of rotatable bonds is 5. The van der Waals surface area contributed by atoms with Gasteiger partial charge in [0.05, 0.1) is 5.39 Å². The molecule has 24 heavy (non-hydrogen) atoms. The van der Waals surface area contributed by atoms with Gasteiger partial charge in [0.25, 0.3) is 5.91 Å². The zero-order chi connectivity index (χ0) is 17.1. The Morgan fingerprint density at radius 3 is 2.88 bits per heavy atom. The lowest BCUT2D eigenvalue weighted by atomic mass is 10.1. The van der Waals surface area contributed by atoms with Crippen molar-refractivity contribution in [3.63, 3.8) is 0 Å². The molecular weight excluding hydrogens is 346 g/mol. The van der Waals surface area contributed by atoms with Crippen LogP contribution in [0.4, 0.5) is 5.13 Å². The van der Waals surface area contributed by atoms with E-state index in [1.54, 1.807) is 23.9 Å². The summed E-state index contributed by atoms with van der Waals surface area (Å²) in [7, 11) is 0. The Labute approximate surface area is 146 Å². The van der Waals surface area contributed by atoms with Crippen LogP contribution in [0.2, 0.25) is 0 Å². The van der Waals surface area contributed by atoms with Crippen LogP contribution in [0, 0.1) is 0 Å². The molecular formula is C16H15N3O3S2. The number of benzene rings is 1. The summed E-state index contributed by atoms with van der Waals surface area (Å²) in [6.45, 7) is 4.02. The quantitative estimate of drug-likeness (QED) is 0.552. The van der Waals surface area contributed by atoms with Crippen molar-refractivity contribution in [2.24, 2.45) is 0 Å². The molecule has 3 aromatic rings. The van der Waals surface area contributed by atoms with E-state index in [1.807, 2.05) is 19.9 Å². The molecule has 1 N–H and O–H groups in total. The van der Waals surface area contributed by atoms with Gasteiger partial charge in [-0.1, -0.05) is 43.0 Å². The van der Waals surface area contributed by atoms with Gasteiger partial charge in [0, 0.05) is 6.07 Å². The predicted octanol–water partition coefficient (Wildman–Crippen LogP) is 3.57. The second kappa shape index (κ2) is 7.14. The largest absolute Gasteiger partial charge is 0.451 e. The number of hydrogen-bond acceptors (Lipinski definition) is 7. The molecule has 8 heteroatoms. The number of carbonyl (C=O) groups is 1. The van der Waals surface area contributed by atoms with Crippen molar-refractivity contribution in [3.8, 4) is 0 Å². The zero-order valence-corrected chi connectivity index (χ0v) is 14.8. The van der Waals surface area contributed by atoms with Crippen molar-refractivity contribution in [1.29, 1.82) is 0 Å². The van der Waals surface area contributed by atoms with Crippen molar-refractivity contribution in [2.75, 3.05) is 11.1 Å². The van der Waals surface area contributed by atoms with E-state index < -0.39 is 5.91 Å². The Kier molecular flexibility index (Phi) is 4.96. The van der Waals surface area contributed by atoms with Crippen LogP contribution in [-0.2, 0) is 6.42 Å². The third-order valence-electron chi connectivity index (χ3n) is 3.32. The van der Waals surface area contributed by atoms with E-state index in [-0.39, 0.29) is 11.2 Å². The van der Waals surface area contributed by atoms with E-state index in [2.05, 4.69) is 15.5 Å². The van der Waals surface area contributed by atoms with Gasteiger partial charge in [-0.25, -0.2) is 0 Å². The smallest absolute Gasteiger partial charge is 0.293 e. The number of amides is 1. The molecule has 0 bridgehead atoms. The minimum atomic E-state index is -0.516. The summed E-state index contributed by atoms with van der Waals surface area (Å²) in [4.78, 5) is 24.5. The Hall–Kier alpha value is -2.19. The van der Waals surface area contributed by atoms with Crippen LogP contribution >= 0.6 is 23.1 Å². The number of fused-ring (bicyclic) bond motifs is 1. The highest BCUT2D eigenvalue weighted by atomic mass is 32.2. The molecule has 6 nitrogen and oxygen atoms in total. The van der Waals surface area contributed by atoms with Gasteiger partial charge < -0.3 is 4.42 Å². The topological polar surface area (TPSA) is 85.1 Å². The van der Waals surface area contributed by atoms with E-state index in [0.717, 1.165) is 22.1 Å². The van der Waals surface area contributed by atoms with Gasteiger partial charge in [0.1, 0.15) is 5.58 Å². The fraction of sp³-hybridized carbons (Fsp3) is 0.250. The van der Waals surface area contributed by atoms with E-state index in [0.29, 0.717) is 16.1 Å². The molecule has 124 valence electrons. The average Bonchev–Trinajstić information content (AvgIpc) is 3.02. The van der Waals surface area contributed by atoms with Gasteiger partial charge in [-0.2, -0.15) is 0 Å². The SMILES string of the molecule is CCSc1nnc(NC(=O)c2cc(=O)c3cc(CC)ccc3o2)s1. The first-order chi connectivity index (χ1) is 11.6. The highest BCUT2D eigenvalue weighted by molar-refractivity contribution is 8.01. The molecule has 3 rings (SSSR count). The molecule has 1 aromatic carbocycles. The molecule has 0 saturated carbocycles. The standard InChI is InChI=1S/C16H15N3O3S2/c1-3-9-5-6-12-10(7-9)11(20)8-13(22-12)14(21)17-15-18-19-16(24-15)23-4-2/h5-8H,3-4H2,1-2H3,(H,17,18,21). The number of anilines is 1. The number of thioether (sulfide) groups is 1. The van der Waals surface area contributed by atoms with E-state index in [4.69, 9.17) is 4.42 Å². The van der Waals surface area contributed by atoms with Gasteiger partial charge in [-0.15, -0.1) is 10.2 Å². The fourth-order valence-corrected chi connectivity index (χ4v) is 3.78. The zero-order valence-electron chi connectivity index (χ0n) is 13.2. The van der Waals surface area contributed by atoms with E-state index in [9.17, 15) is 9.59 Å². The number of carbonyl (C=O) groups excluding carboxylic acids is 1. The number of nitrogens with one attached hydrogen (secondary N) is 1. The van der Waals surface area contributed by atoms with Gasteiger partial charge in [-0.05, 0) is 29.9 Å². The summed E-state index contributed by atoms with van der Waals surface area (Å²) < 4.78 is 6.35. The second-order valence-electron chi connectivity index (χ2n) is 4.92. The van der Waals surface area contributed by atoms with Crippen LogP contribution in [0.5, 0.6) is 0 Å². The molecule has 0 spiro atoms. The van der Waals surface area contributed by atoms with Crippen molar-refractivity contribution >= 4 is 45.1 Å². The average molecular weight is 361 g/mol. The molecule has 0 aliphatic carbocycles. The molecule has 2 heterocycles. The van der Waals surface area contributed by atoms with Crippen molar-refractivity contribution in [3.05, 3.63) is 45.8 Å². The Morgan fingerprint density at radius 1 is 1.29 bits per heavy atom. The molecule has 0 unspecified atom stereocenters. The summed E-state index contributed by atoms with van der Waals surface area (Å²) >= 11 is 2.83. The fourth-order valence-electron chi connectivity index (χ4n) is 2.14. The van der Waals surface area contributed by atoms with Gasteiger partial charge in [-0.3, -0.25) is 14.9 Å². The van der Waals surface area contributed by atoms with Gasteiger partial charge in [0.2, 0.25) is 5.13 Å². The van der Waals surface area contributed by atoms with Crippen LogP contribution in [0.3, 0.4) is 0 Å². The first-order valence-electron chi connectivity index (χ1n) is 7.45. The van der Waals surface area contributed by atoms with Crippen LogP contribution in [-0.4, -0.2) is 21.9 Å². The second-order valence-corrected chi connectivity index (χ2v) is 7.41. The first-order valence-corrected chi connectivity index (χ1v) is 9.25. The van der Waals surface area contributed by atoms with Crippen molar-refractivity contribution in [2.45, 2.75) is 24.6 Å². The van der Waals surface area contributed by atoms with Crippen LogP contribution in [0.25, 0.3) is 11.0 Å². The molecule has 1 amide bonds. The number of hydrogen-bond donors (Lipinski definition) is 1. The lowest BCUT2D eigenvalue weighted by Crippen LogP contribution is -2.15. The maximum absolute atomic E-state index is 12.3. The van der Waals surface area contributed by atoms with E-state index in [1.165, 1.54) is 17.4 Å². The summed E-state index contributed by atoms with van der Waals surface area (Å²) in [6.07, 6.45) is 0.826. The molecule has 0 fully saturated rings. The third kappa shape index (κ3) is 3.49. The Bertz CT molecular complexity index is 949. The highest BCUT2D eigenvalue weighted by Gasteiger charge is 2.15. The summed E-state index contributed by atoms with van der Waals surface area (Å²) in [5.41, 5.74) is 1.20. The van der Waals surface area contributed by atoms with Gasteiger partial charge in [0.15, 0.2) is 15.5 Å². The lowest BCUT2D eigenvalue weighted by Gasteiger charge is -2.04. The highest BCUT2D eigenvalue weighted by Crippen LogP contribution is 2.25. The first kappa shape index (κ1) is 16.7. The summed E-state index contributed by atoms with van der Waals surface area (Å²) in [5, 5.41) is 11.3. The maximum atomic E-state index is 12.3.